The Hall–Kier alpha value is -2.89. The zero-order valence-electron chi connectivity index (χ0n) is 18.1. The van der Waals surface area contributed by atoms with E-state index in [9.17, 15) is 14.9 Å². The third-order valence-electron chi connectivity index (χ3n) is 7.21. The Morgan fingerprint density at radius 2 is 2.10 bits per heavy atom. The van der Waals surface area contributed by atoms with Crippen LogP contribution in [-0.2, 0) is 4.79 Å². The second-order valence-corrected chi connectivity index (χ2v) is 9.09. The maximum Gasteiger partial charge on any atom is 0.248 e. The number of benzene rings is 1. The summed E-state index contributed by atoms with van der Waals surface area (Å²) in [4.78, 5) is 30.6. The largest absolute Gasteiger partial charge is 0.366 e. The van der Waals surface area contributed by atoms with Gasteiger partial charge >= 0.3 is 0 Å². The standard InChI is InChI=1S/C23H30N6O2/c1-13-7-18(10-24)28(14(13)2)15(3)20(25)12-27-11-19-9-21(27)23(31)29(19)17-6-4-5-16(8-17)22(26)30/h4-6,8,13-14,18-21H,3,7,9,11-12,25H2,1-2H3,(H2,26,30)/t13?,14?,18?,19-,20?,21?/m0/s1. The normalized spacial score (nSPS) is 31.2. The third-order valence-corrected chi connectivity index (χ3v) is 7.21. The van der Waals surface area contributed by atoms with Crippen LogP contribution < -0.4 is 16.4 Å². The average Bonchev–Trinajstić information content (AvgIpc) is 3.38. The number of rotatable bonds is 6. The fourth-order valence-corrected chi connectivity index (χ4v) is 5.36. The van der Waals surface area contributed by atoms with Gasteiger partial charge in [-0.05, 0) is 43.9 Å². The van der Waals surface area contributed by atoms with E-state index in [0.29, 0.717) is 30.3 Å². The lowest BCUT2D eigenvalue weighted by atomic mass is 10.0. The molecule has 1 aromatic carbocycles. The maximum absolute atomic E-state index is 13.1. The van der Waals surface area contributed by atoms with Crippen molar-refractivity contribution in [3.05, 3.63) is 42.1 Å². The number of nitrogens with two attached hydrogens (primary N) is 2. The molecule has 3 saturated heterocycles. The fraction of sp³-hybridized carbons (Fsp3) is 0.522. The van der Waals surface area contributed by atoms with Gasteiger partial charge in [-0.15, -0.1) is 0 Å². The molecule has 4 rings (SSSR count). The van der Waals surface area contributed by atoms with Gasteiger partial charge in [0.1, 0.15) is 6.04 Å². The van der Waals surface area contributed by atoms with E-state index < -0.39 is 5.91 Å². The number of hydrogen-bond donors (Lipinski definition) is 2. The highest BCUT2D eigenvalue weighted by Gasteiger charge is 2.50. The van der Waals surface area contributed by atoms with Gasteiger partial charge in [0.05, 0.1) is 24.2 Å². The van der Waals surface area contributed by atoms with E-state index in [4.69, 9.17) is 11.5 Å². The molecule has 8 heteroatoms. The summed E-state index contributed by atoms with van der Waals surface area (Å²) in [5.74, 6) is -0.0812. The van der Waals surface area contributed by atoms with Crippen LogP contribution >= 0.6 is 0 Å². The zero-order chi connectivity index (χ0) is 22.4. The molecular weight excluding hydrogens is 392 g/mol. The highest BCUT2D eigenvalue weighted by Crippen LogP contribution is 2.37. The molecule has 6 atom stereocenters. The molecule has 1 aromatic rings. The molecule has 3 aliphatic heterocycles. The average molecular weight is 423 g/mol. The van der Waals surface area contributed by atoms with Crippen molar-refractivity contribution in [2.75, 3.05) is 18.0 Å². The van der Waals surface area contributed by atoms with Crippen molar-refractivity contribution in [3.63, 3.8) is 0 Å². The van der Waals surface area contributed by atoms with Crippen LogP contribution in [0.4, 0.5) is 5.69 Å². The van der Waals surface area contributed by atoms with Crippen LogP contribution in [0, 0.1) is 17.2 Å². The molecule has 0 aromatic heterocycles. The Labute approximate surface area is 183 Å². The number of anilines is 1. The number of nitrogens with zero attached hydrogens (tertiary/aromatic N) is 4. The molecule has 2 bridgehead atoms. The van der Waals surface area contributed by atoms with Gasteiger partial charge in [-0.25, -0.2) is 0 Å². The highest BCUT2D eigenvalue weighted by molar-refractivity contribution is 6.02. The van der Waals surface area contributed by atoms with Gasteiger partial charge in [0.25, 0.3) is 0 Å². The molecule has 31 heavy (non-hydrogen) atoms. The molecule has 0 radical (unpaired) electrons. The Bertz CT molecular complexity index is 956. The number of primary amides is 1. The highest BCUT2D eigenvalue weighted by atomic mass is 16.2. The van der Waals surface area contributed by atoms with Crippen molar-refractivity contribution in [2.45, 2.75) is 56.9 Å². The number of piperazine rings is 1. The third kappa shape index (κ3) is 3.58. The van der Waals surface area contributed by atoms with Gasteiger partial charge in [0, 0.05) is 36.1 Å². The predicted molar refractivity (Wildman–Crippen MR) is 118 cm³/mol. The Morgan fingerprint density at radius 1 is 1.35 bits per heavy atom. The molecule has 0 aliphatic carbocycles. The quantitative estimate of drug-likeness (QED) is 0.707. The van der Waals surface area contributed by atoms with Crippen LogP contribution in [0.5, 0.6) is 0 Å². The van der Waals surface area contributed by atoms with Gasteiger partial charge in [-0.3, -0.25) is 14.5 Å². The molecule has 164 valence electrons. The smallest absolute Gasteiger partial charge is 0.248 e. The van der Waals surface area contributed by atoms with Crippen LogP contribution in [0.25, 0.3) is 0 Å². The van der Waals surface area contributed by atoms with E-state index in [-0.39, 0.29) is 36.1 Å². The second-order valence-electron chi connectivity index (χ2n) is 9.09. The first kappa shape index (κ1) is 21.3. The minimum Gasteiger partial charge on any atom is -0.366 e. The van der Waals surface area contributed by atoms with Gasteiger partial charge < -0.3 is 21.3 Å². The number of carbonyl (C=O) groups is 2. The summed E-state index contributed by atoms with van der Waals surface area (Å²) in [5.41, 5.74) is 13.8. The van der Waals surface area contributed by atoms with E-state index in [1.165, 1.54) is 0 Å². The molecule has 4 N–H and O–H groups in total. The Morgan fingerprint density at radius 3 is 2.74 bits per heavy atom. The molecule has 8 nitrogen and oxygen atoms in total. The molecule has 3 heterocycles. The van der Waals surface area contributed by atoms with Gasteiger partial charge in [-0.2, -0.15) is 5.26 Å². The molecule has 3 fully saturated rings. The van der Waals surface area contributed by atoms with Crippen molar-refractivity contribution in [3.8, 4) is 6.07 Å². The van der Waals surface area contributed by atoms with Gasteiger partial charge in [0.15, 0.2) is 0 Å². The maximum atomic E-state index is 13.1. The van der Waals surface area contributed by atoms with Crippen LogP contribution in [0.15, 0.2) is 36.5 Å². The lowest BCUT2D eigenvalue weighted by Gasteiger charge is -2.38. The summed E-state index contributed by atoms with van der Waals surface area (Å²) in [6.07, 6.45) is 1.55. The van der Waals surface area contributed by atoms with Crippen molar-refractivity contribution >= 4 is 17.5 Å². The van der Waals surface area contributed by atoms with Crippen molar-refractivity contribution in [2.24, 2.45) is 17.4 Å². The Balaban J connectivity index is 1.43. The topological polar surface area (TPSA) is 120 Å². The van der Waals surface area contributed by atoms with Crippen molar-refractivity contribution < 1.29 is 9.59 Å². The van der Waals surface area contributed by atoms with E-state index in [2.05, 4.69) is 36.3 Å². The Kier molecular flexibility index (Phi) is 5.50. The summed E-state index contributed by atoms with van der Waals surface area (Å²) in [7, 11) is 0. The fourth-order valence-electron chi connectivity index (χ4n) is 5.36. The zero-order valence-corrected chi connectivity index (χ0v) is 18.1. The number of carbonyl (C=O) groups excluding carboxylic acids is 2. The summed E-state index contributed by atoms with van der Waals surface area (Å²) in [6, 6.07) is 8.76. The molecule has 0 saturated carbocycles. The SMILES string of the molecule is C=C(C(N)CN1C[C@@H]2CC1C(=O)N2c1cccc(C(N)=O)c1)N1C(C#N)CC(C)C1C. The van der Waals surface area contributed by atoms with E-state index >= 15 is 0 Å². The van der Waals surface area contributed by atoms with Gasteiger partial charge in [0.2, 0.25) is 11.8 Å². The van der Waals surface area contributed by atoms with E-state index in [1.807, 2.05) is 6.07 Å². The van der Waals surface area contributed by atoms with Gasteiger partial charge in [-0.1, -0.05) is 19.6 Å². The van der Waals surface area contributed by atoms with Crippen molar-refractivity contribution in [1.29, 1.82) is 5.26 Å². The molecule has 5 unspecified atom stereocenters. The van der Waals surface area contributed by atoms with Crippen LogP contribution in [-0.4, -0.2) is 64.9 Å². The number of fused-ring (bicyclic) bond motifs is 2. The van der Waals surface area contributed by atoms with E-state index in [0.717, 1.165) is 18.5 Å². The second kappa shape index (κ2) is 7.98. The first-order valence-corrected chi connectivity index (χ1v) is 10.8. The van der Waals surface area contributed by atoms with Crippen LogP contribution in [0.1, 0.15) is 37.0 Å². The molecule has 2 amide bonds. The lowest BCUT2D eigenvalue weighted by Crippen LogP contribution is -2.54. The summed E-state index contributed by atoms with van der Waals surface area (Å²) < 4.78 is 0. The predicted octanol–water partition coefficient (Wildman–Crippen LogP) is 1.04. The summed E-state index contributed by atoms with van der Waals surface area (Å²) in [6.45, 7) is 9.71. The minimum atomic E-state index is -0.508. The van der Waals surface area contributed by atoms with Crippen LogP contribution in [0.3, 0.4) is 0 Å². The van der Waals surface area contributed by atoms with Crippen molar-refractivity contribution in [1.82, 2.24) is 9.80 Å². The molecular formula is C23H30N6O2. The number of hydrogen-bond acceptors (Lipinski definition) is 6. The molecule has 3 aliphatic rings. The monoisotopic (exact) mass is 422 g/mol. The molecule has 0 spiro atoms. The lowest BCUT2D eigenvalue weighted by molar-refractivity contribution is -0.122. The van der Waals surface area contributed by atoms with E-state index in [1.54, 1.807) is 23.1 Å². The summed E-state index contributed by atoms with van der Waals surface area (Å²) >= 11 is 0. The number of amides is 2. The number of likely N-dealkylation sites (tertiary alicyclic amines) is 2. The van der Waals surface area contributed by atoms with Crippen LogP contribution in [0.2, 0.25) is 0 Å². The first-order chi connectivity index (χ1) is 14.7. The summed E-state index contributed by atoms with van der Waals surface area (Å²) in [5, 5.41) is 9.54. The first-order valence-electron chi connectivity index (χ1n) is 10.8. The minimum absolute atomic E-state index is 0.0220. The number of nitriles is 1.